The number of benzene rings is 1. The van der Waals surface area contributed by atoms with Crippen LogP contribution in [0.1, 0.15) is 11.7 Å². The number of rotatable bonds is 3. The number of nitrogens with one attached hydrogen (secondary N) is 1. The predicted octanol–water partition coefficient (Wildman–Crippen LogP) is 2.77. The summed E-state index contributed by atoms with van der Waals surface area (Å²) in [5, 5.41) is 3.82. The number of aromatic nitrogens is 4. The van der Waals surface area contributed by atoms with Crippen LogP contribution in [0.3, 0.4) is 0 Å². The van der Waals surface area contributed by atoms with Gasteiger partial charge in [-0.3, -0.25) is 0 Å². The Hall–Kier alpha value is -2.02. The van der Waals surface area contributed by atoms with Crippen LogP contribution in [-0.4, -0.2) is 19.7 Å². The molecule has 0 saturated carbocycles. The highest BCUT2D eigenvalue weighted by molar-refractivity contribution is 7.71. The first-order chi connectivity index (χ1) is 9.13. The standard InChI is InChI=1S/C12H11FN4OS/c1-7-14-11(16-18-7)4-5-17-10-6-8(13)2-3-9(10)15-12(17)19/h2-3,6H,4-5H2,1H3,(H,15,19). The van der Waals surface area contributed by atoms with Crippen molar-refractivity contribution in [3.63, 3.8) is 0 Å². The van der Waals surface area contributed by atoms with Crippen molar-refractivity contribution >= 4 is 23.3 Å². The number of hydrogen-bond acceptors (Lipinski definition) is 4. The van der Waals surface area contributed by atoms with Gasteiger partial charge < -0.3 is 14.1 Å². The van der Waals surface area contributed by atoms with Gasteiger partial charge in [-0.1, -0.05) is 5.16 Å². The van der Waals surface area contributed by atoms with Crippen LogP contribution in [0.5, 0.6) is 0 Å². The smallest absolute Gasteiger partial charge is 0.223 e. The normalized spacial score (nSPS) is 11.3. The molecule has 0 amide bonds. The van der Waals surface area contributed by atoms with Gasteiger partial charge in [0.15, 0.2) is 10.6 Å². The maximum atomic E-state index is 13.3. The minimum absolute atomic E-state index is 0.286. The molecule has 0 saturated heterocycles. The molecule has 5 nitrogen and oxygen atoms in total. The average molecular weight is 278 g/mol. The third kappa shape index (κ3) is 2.28. The van der Waals surface area contributed by atoms with E-state index in [2.05, 4.69) is 15.1 Å². The van der Waals surface area contributed by atoms with E-state index in [1.54, 1.807) is 13.0 Å². The molecular formula is C12H11FN4OS. The molecule has 2 aromatic heterocycles. The highest BCUT2D eigenvalue weighted by atomic mass is 32.1. The van der Waals surface area contributed by atoms with Crippen LogP contribution in [-0.2, 0) is 13.0 Å². The topological polar surface area (TPSA) is 59.6 Å². The van der Waals surface area contributed by atoms with Gasteiger partial charge in [0.25, 0.3) is 0 Å². The average Bonchev–Trinajstić information content (AvgIpc) is 2.90. The molecule has 7 heteroatoms. The van der Waals surface area contributed by atoms with Gasteiger partial charge in [0.05, 0.1) is 11.0 Å². The zero-order chi connectivity index (χ0) is 13.4. The summed E-state index contributed by atoms with van der Waals surface area (Å²) < 4.78 is 20.6. The number of H-pyrrole nitrogens is 1. The molecule has 0 aliphatic rings. The highest BCUT2D eigenvalue weighted by Gasteiger charge is 2.08. The predicted molar refractivity (Wildman–Crippen MR) is 69.8 cm³/mol. The van der Waals surface area contributed by atoms with Crippen LogP contribution in [0.15, 0.2) is 22.7 Å². The summed E-state index contributed by atoms with van der Waals surface area (Å²) >= 11 is 5.24. The van der Waals surface area contributed by atoms with E-state index in [4.69, 9.17) is 16.7 Å². The summed E-state index contributed by atoms with van der Waals surface area (Å²) in [6, 6.07) is 4.54. The van der Waals surface area contributed by atoms with Crippen molar-refractivity contribution in [2.75, 3.05) is 0 Å². The Kier molecular flexibility index (Phi) is 2.90. The van der Waals surface area contributed by atoms with Crippen LogP contribution in [0.4, 0.5) is 4.39 Å². The summed E-state index contributed by atoms with van der Waals surface area (Å²) in [5.74, 6) is 0.861. The summed E-state index contributed by atoms with van der Waals surface area (Å²) in [4.78, 5) is 7.17. The Morgan fingerprint density at radius 1 is 1.47 bits per heavy atom. The Morgan fingerprint density at radius 3 is 3.05 bits per heavy atom. The fourth-order valence-electron chi connectivity index (χ4n) is 2.00. The molecule has 0 aliphatic carbocycles. The molecule has 0 unspecified atom stereocenters. The van der Waals surface area contributed by atoms with E-state index in [0.717, 1.165) is 11.0 Å². The van der Waals surface area contributed by atoms with Crippen molar-refractivity contribution in [3.8, 4) is 0 Å². The highest BCUT2D eigenvalue weighted by Crippen LogP contribution is 2.16. The van der Waals surface area contributed by atoms with Crippen LogP contribution in [0.25, 0.3) is 11.0 Å². The van der Waals surface area contributed by atoms with E-state index in [9.17, 15) is 4.39 Å². The molecule has 3 rings (SSSR count). The van der Waals surface area contributed by atoms with E-state index in [0.29, 0.717) is 29.5 Å². The molecule has 1 N–H and O–H groups in total. The minimum atomic E-state index is -0.286. The molecule has 1 aromatic carbocycles. The Bertz CT molecular complexity index is 788. The van der Waals surface area contributed by atoms with E-state index in [1.807, 2.05) is 4.57 Å². The quantitative estimate of drug-likeness (QED) is 0.748. The van der Waals surface area contributed by atoms with Crippen molar-refractivity contribution in [2.45, 2.75) is 19.9 Å². The Morgan fingerprint density at radius 2 is 2.32 bits per heavy atom. The second kappa shape index (κ2) is 4.58. The van der Waals surface area contributed by atoms with Crippen LogP contribution in [0.2, 0.25) is 0 Å². The van der Waals surface area contributed by atoms with Gasteiger partial charge in [-0.2, -0.15) is 4.98 Å². The third-order valence-electron chi connectivity index (χ3n) is 2.87. The van der Waals surface area contributed by atoms with E-state index in [-0.39, 0.29) is 5.82 Å². The van der Waals surface area contributed by atoms with Crippen molar-refractivity contribution in [1.29, 1.82) is 0 Å². The zero-order valence-corrected chi connectivity index (χ0v) is 11.0. The van der Waals surface area contributed by atoms with Crippen LogP contribution in [0, 0.1) is 17.5 Å². The van der Waals surface area contributed by atoms with Gasteiger partial charge in [-0.05, 0) is 30.4 Å². The second-order valence-electron chi connectivity index (χ2n) is 4.22. The summed E-state index contributed by atoms with van der Waals surface area (Å²) in [5.41, 5.74) is 1.56. The van der Waals surface area contributed by atoms with Gasteiger partial charge >= 0.3 is 0 Å². The Balaban J connectivity index is 1.94. The number of aromatic amines is 1. The maximum Gasteiger partial charge on any atom is 0.223 e. The second-order valence-corrected chi connectivity index (χ2v) is 4.61. The van der Waals surface area contributed by atoms with Crippen molar-refractivity contribution < 1.29 is 8.91 Å². The molecular weight excluding hydrogens is 267 g/mol. The summed E-state index contributed by atoms with van der Waals surface area (Å²) in [6.45, 7) is 2.31. The van der Waals surface area contributed by atoms with Crippen molar-refractivity contribution in [1.82, 2.24) is 19.7 Å². The van der Waals surface area contributed by atoms with Gasteiger partial charge in [-0.15, -0.1) is 0 Å². The van der Waals surface area contributed by atoms with Crippen molar-refractivity contribution in [3.05, 3.63) is 40.5 Å². The minimum Gasteiger partial charge on any atom is -0.340 e. The number of fused-ring (bicyclic) bond motifs is 1. The lowest BCUT2D eigenvalue weighted by Crippen LogP contribution is -2.02. The van der Waals surface area contributed by atoms with Crippen molar-refractivity contribution in [2.24, 2.45) is 0 Å². The molecule has 2 heterocycles. The fourth-order valence-corrected chi connectivity index (χ4v) is 2.30. The fraction of sp³-hybridized carbons (Fsp3) is 0.250. The first kappa shape index (κ1) is 12.0. The molecule has 0 spiro atoms. The Labute approximate surface area is 113 Å². The molecule has 0 atom stereocenters. The van der Waals surface area contributed by atoms with E-state index < -0.39 is 0 Å². The van der Waals surface area contributed by atoms with Gasteiger partial charge in [-0.25, -0.2) is 4.39 Å². The molecule has 0 bridgehead atoms. The van der Waals surface area contributed by atoms with Gasteiger partial charge in [0, 0.05) is 19.9 Å². The SMILES string of the molecule is Cc1nc(CCn2c(=S)[nH]c3ccc(F)cc32)no1. The van der Waals surface area contributed by atoms with Gasteiger partial charge in [0.1, 0.15) is 5.82 Å². The first-order valence-corrected chi connectivity index (χ1v) is 6.21. The molecule has 0 fully saturated rings. The van der Waals surface area contributed by atoms with Crippen LogP contribution < -0.4 is 0 Å². The number of hydrogen-bond donors (Lipinski definition) is 1. The third-order valence-corrected chi connectivity index (χ3v) is 3.19. The molecule has 0 radical (unpaired) electrons. The number of aryl methyl sites for hydroxylation is 3. The molecule has 98 valence electrons. The molecule has 3 aromatic rings. The first-order valence-electron chi connectivity index (χ1n) is 5.81. The summed E-state index contributed by atoms with van der Waals surface area (Å²) in [6.07, 6.45) is 0.578. The maximum absolute atomic E-state index is 13.3. The summed E-state index contributed by atoms with van der Waals surface area (Å²) in [7, 11) is 0. The van der Waals surface area contributed by atoms with Crippen LogP contribution >= 0.6 is 12.2 Å². The number of halogens is 1. The van der Waals surface area contributed by atoms with E-state index >= 15 is 0 Å². The number of nitrogens with zero attached hydrogens (tertiary/aromatic N) is 3. The lowest BCUT2D eigenvalue weighted by Gasteiger charge is -2.01. The largest absolute Gasteiger partial charge is 0.340 e. The monoisotopic (exact) mass is 278 g/mol. The van der Waals surface area contributed by atoms with E-state index in [1.165, 1.54) is 12.1 Å². The lowest BCUT2D eigenvalue weighted by atomic mass is 10.3. The lowest BCUT2D eigenvalue weighted by molar-refractivity contribution is 0.386. The molecule has 0 aliphatic heterocycles. The number of imidazole rings is 1. The zero-order valence-electron chi connectivity index (χ0n) is 10.2. The van der Waals surface area contributed by atoms with Gasteiger partial charge in [0.2, 0.25) is 5.89 Å². The molecule has 19 heavy (non-hydrogen) atoms.